The molecule has 70 valence electrons. The molecule has 2 rings (SSSR count). The SMILES string of the molecule is Cn1nc2ccccc2c1S(=O)O.[LiH]. The van der Waals surface area contributed by atoms with E-state index in [-0.39, 0.29) is 18.9 Å². The van der Waals surface area contributed by atoms with Crippen LogP contribution < -0.4 is 0 Å². The summed E-state index contributed by atoms with van der Waals surface area (Å²) in [6.45, 7) is 0. The van der Waals surface area contributed by atoms with E-state index in [0.29, 0.717) is 5.03 Å². The van der Waals surface area contributed by atoms with Crippen LogP contribution in [0.15, 0.2) is 29.3 Å². The average Bonchev–Trinajstić information content (AvgIpc) is 2.39. The molecule has 0 aliphatic rings. The van der Waals surface area contributed by atoms with Gasteiger partial charge in [-0.2, -0.15) is 5.10 Å². The van der Waals surface area contributed by atoms with Crippen molar-refractivity contribution in [3.05, 3.63) is 24.3 Å². The molecule has 0 aliphatic heterocycles. The van der Waals surface area contributed by atoms with E-state index >= 15 is 0 Å². The van der Waals surface area contributed by atoms with Crippen LogP contribution in [0.5, 0.6) is 0 Å². The standard InChI is InChI=1S/C8H8N2O2S.Li.H/c1-10-8(13(11)12)6-4-2-3-5-7(6)9-10;;/h2-5H,1H3,(H,11,12);;. The minimum absolute atomic E-state index is 0. The number of hydrogen-bond acceptors (Lipinski definition) is 2. The van der Waals surface area contributed by atoms with Gasteiger partial charge in [0.25, 0.3) is 0 Å². The fourth-order valence-electron chi connectivity index (χ4n) is 1.33. The monoisotopic (exact) mass is 204 g/mol. The van der Waals surface area contributed by atoms with Gasteiger partial charge < -0.3 is 4.55 Å². The molecule has 1 aromatic carbocycles. The molecule has 14 heavy (non-hydrogen) atoms. The Morgan fingerprint density at radius 1 is 1.43 bits per heavy atom. The van der Waals surface area contributed by atoms with Crippen LogP contribution in [0.25, 0.3) is 10.9 Å². The number of fused-ring (bicyclic) bond motifs is 1. The van der Waals surface area contributed by atoms with Gasteiger partial charge in [0.2, 0.25) is 11.1 Å². The molecule has 0 bridgehead atoms. The molecule has 0 aliphatic carbocycles. The first kappa shape index (κ1) is 11.5. The number of rotatable bonds is 1. The summed E-state index contributed by atoms with van der Waals surface area (Å²) >= 11 is -1.98. The molecule has 0 saturated carbocycles. The third-order valence-corrected chi connectivity index (χ3v) is 2.67. The van der Waals surface area contributed by atoms with Crippen LogP contribution in [0, 0.1) is 0 Å². The van der Waals surface area contributed by atoms with E-state index in [2.05, 4.69) is 5.10 Å². The number of benzene rings is 1. The van der Waals surface area contributed by atoms with Crippen molar-refractivity contribution in [1.82, 2.24) is 9.78 Å². The van der Waals surface area contributed by atoms with Crippen molar-refractivity contribution in [1.29, 1.82) is 0 Å². The van der Waals surface area contributed by atoms with Gasteiger partial charge in [0.1, 0.15) is 0 Å². The van der Waals surface area contributed by atoms with E-state index in [9.17, 15) is 4.21 Å². The predicted molar refractivity (Wildman–Crippen MR) is 56.9 cm³/mol. The van der Waals surface area contributed by atoms with Crippen LogP contribution in [0.1, 0.15) is 0 Å². The van der Waals surface area contributed by atoms with Crippen LogP contribution in [-0.4, -0.2) is 37.4 Å². The van der Waals surface area contributed by atoms with Crippen LogP contribution in [0.4, 0.5) is 0 Å². The Morgan fingerprint density at radius 2 is 2.07 bits per heavy atom. The van der Waals surface area contributed by atoms with E-state index in [0.717, 1.165) is 10.9 Å². The van der Waals surface area contributed by atoms with Gasteiger partial charge in [-0.1, -0.05) is 12.1 Å². The molecular weight excluding hydrogens is 195 g/mol. The Bertz CT molecular complexity index is 483. The summed E-state index contributed by atoms with van der Waals surface area (Å²) in [5.41, 5.74) is 0.738. The van der Waals surface area contributed by atoms with Crippen LogP contribution in [0.2, 0.25) is 0 Å². The summed E-state index contributed by atoms with van der Waals surface area (Å²) in [5.74, 6) is 0. The number of aromatic nitrogens is 2. The second-order valence-electron chi connectivity index (χ2n) is 2.70. The zero-order valence-corrected chi connectivity index (χ0v) is 7.78. The molecule has 0 fully saturated rings. The van der Waals surface area contributed by atoms with Gasteiger partial charge in [-0.25, -0.2) is 4.21 Å². The summed E-state index contributed by atoms with van der Waals surface area (Å²) in [5, 5.41) is 5.17. The van der Waals surface area contributed by atoms with Gasteiger partial charge in [-0.3, -0.25) is 4.68 Å². The first-order valence-electron chi connectivity index (χ1n) is 3.73. The number of nitrogens with zero attached hydrogens (tertiary/aromatic N) is 2. The van der Waals surface area contributed by atoms with Gasteiger partial charge in [0.05, 0.1) is 5.52 Å². The average molecular weight is 204 g/mol. The molecule has 1 atom stereocenters. The summed E-state index contributed by atoms with van der Waals surface area (Å²) in [6.07, 6.45) is 0. The van der Waals surface area contributed by atoms with E-state index < -0.39 is 11.1 Å². The molecule has 4 nitrogen and oxygen atoms in total. The molecule has 0 saturated heterocycles. The first-order chi connectivity index (χ1) is 6.20. The van der Waals surface area contributed by atoms with Crippen molar-refractivity contribution in [3.63, 3.8) is 0 Å². The maximum absolute atomic E-state index is 10.9. The third-order valence-electron chi connectivity index (χ3n) is 1.85. The summed E-state index contributed by atoms with van der Waals surface area (Å²) in [7, 11) is 1.66. The van der Waals surface area contributed by atoms with Crippen molar-refractivity contribution >= 4 is 40.8 Å². The Balaban J connectivity index is 0.000000980. The van der Waals surface area contributed by atoms with Crippen molar-refractivity contribution in [2.45, 2.75) is 5.03 Å². The van der Waals surface area contributed by atoms with Crippen LogP contribution in [-0.2, 0) is 18.1 Å². The Labute approximate surface area is 95.8 Å². The van der Waals surface area contributed by atoms with Gasteiger partial charge in [0.15, 0.2) is 5.03 Å². The molecule has 0 radical (unpaired) electrons. The Kier molecular flexibility index (Phi) is 3.51. The zero-order chi connectivity index (χ0) is 9.42. The van der Waals surface area contributed by atoms with Crippen molar-refractivity contribution in [2.24, 2.45) is 7.05 Å². The molecule has 1 heterocycles. The summed E-state index contributed by atoms with van der Waals surface area (Å²) in [6, 6.07) is 7.26. The minimum atomic E-state index is -1.98. The molecule has 1 N–H and O–H groups in total. The number of aryl methyl sites for hydroxylation is 1. The van der Waals surface area contributed by atoms with Gasteiger partial charge >= 0.3 is 18.9 Å². The topological polar surface area (TPSA) is 55.1 Å². The van der Waals surface area contributed by atoms with E-state index in [4.69, 9.17) is 4.55 Å². The summed E-state index contributed by atoms with van der Waals surface area (Å²) < 4.78 is 21.4. The van der Waals surface area contributed by atoms with Crippen LogP contribution in [0.3, 0.4) is 0 Å². The van der Waals surface area contributed by atoms with Gasteiger partial charge in [-0.05, 0) is 12.1 Å². The molecule has 1 unspecified atom stereocenters. The van der Waals surface area contributed by atoms with Crippen LogP contribution >= 0.6 is 0 Å². The molecule has 1 aromatic heterocycles. The fraction of sp³-hybridized carbons (Fsp3) is 0.125. The van der Waals surface area contributed by atoms with Gasteiger partial charge in [0, 0.05) is 12.4 Å². The molecule has 0 spiro atoms. The van der Waals surface area contributed by atoms with E-state index in [1.807, 2.05) is 18.2 Å². The van der Waals surface area contributed by atoms with E-state index in [1.165, 1.54) is 4.68 Å². The molecular formula is C8H9LiN2O2S. The van der Waals surface area contributed by atoms with Crippen molar-refractivity contribution in [3.8, 4) is 0 Å². The molecule has 6 heteroatoms. The molecule has 2 aromatic rings. The molecule has 0 amide bonds. The first-order valence-corrected chi connectivity index (χ1v) is 4.83. The Hall–Kier alpha value is -0.603. The van der Waals surface area contributed by atoms with E-state index in [1.54, 1.807) is 13.1 Å². The predicted octanol–water partition coefficient (Wildman–Crippen LogP) is 0.505. The quantitative estimate of drug-likeness (QED) is 0.543. The zero-order valence-electron chi connectivity index (χ0n) is 6.97. The van der Waals surface area contributed by atoms with Gasteiger partial charge in [-0.15, -0.1) is 0 Å². The second kappa shape index (κ2) is 4.28. The summed E-state index contributed by atoms with van der Waals surface area (Å²) in [4.78, 5) is 0. The number of hydrogen-bond donors (Lipinski definition) is 1. The third kappa shape index (κ3) is 1.77. The normalized spacial score (nSPS) is 12.4. The second-order valence-corrected chi connectivity index (χ2v) is 3.58. The maximum atomic E-state index is 10.9. The Morgan fingerprint density at radius 3 is 2.71 bits per heavy atom. The fourth-order valence-corrected chi connectivity index (χ4v) is 1.96. The van der Waals surface area contributed by atoms with Crippen molar-refractivity contribution < 1.29 is 8.76 Å². The van der Waals surface area contributed by atoms with Crippen molar-refractivity contribution in [2.75, 3.05) is 0 Å².